The van der Waals surface area contributed by atoms with E-state index in [1.165, 1.54) is 5.56 Å². The van der Waals surface area contributed by atoms with Crippen LogP contribution in [0.15, 0.2) is 18.2 Å². The van der Waals surface area contributed by atoms with Crippen molar-refractivity contribution in [1.82, 2.24) is 10.2 Å². The fourth-order valence-corrected chi connectivity index (χ4v) is 2.10. The van der Waals surface area contributed by atoms with Crippen molar-refractivity contribution in [3.05, 3.63) is 29.3 Å². The summed E-state index contributed by atoms with van der Waals surface area (Å²) in [6.45, 7) is 5.37. The lowest BCUT2D eigenvalue weighted by atomic mass is 10.0. The van der Waals surface area contributed by atoms with E-state index in [1.54, 1.807) is 7.11 Å². The number of hydrogen-bond donors (Lipinski definition) is 2. The first kappa shape index (κ1) is 16.0. The molecule has 0 amide bonds. The number of benzene rings is 1. The summed E-state index contributed by atoms with van der Waals surface area (Å²) in [4.78, 5) is 1.98. The molecule has 0 saturated carbocycles. The number of aliphatic hydroxyl groups is 1. The number of nitrogens with zero attached hydrogens (tertiary/aromatic N) is 1. The van der Waals surface area contributed by atoms with E-state index in [2.05, 4.69) is 25.2 Å². The van der Waals surface area contributed by atoms with Crippen LogP contribution >= 0.6 is 0 Å². The molecule has 108 valence electrons. The molecule has 0 aliphatic heterocycles. The molecule has 0 spiro atoms. The molecule has 2 unspecified atom stereocenters. The highest BCUT2D eigenvalue weighted by atomic mass is 16.5. The summed E-state index contributed by atoms with van der Waals surface area (Å²) in [7, 11) is 5.59. The minimum Gasteiger partial charge on any atom is -0.496 e. The number of ether oxygens (including phenoxy) is 1. The average Bonchev–Trinajstić information content (AvgIpc) is 2.35. The van der Waals surface area contributed by atoms with Crippen LogP contribution in [0.1, 0.15) is 24.1 Å². The van der Waals surface area contributed by atoms with Gasteiger partial charge < -0.3 is 20.1 Å². The van der Waals surface area contributed by atoms with Crippen molar-refractivity contribution in [3.8, 4) is 5.75 Å². The van der Waals surface area contributed by atoms with Gasteiger partial charge in [0.15, 0.2) is 0 Å². The topological polar surface area (TPSA) is 44.7 Å². The summed E-state index contributed by atoms with van der Waals surface area (Å²) >= 11 is 0. The highest BCUT2D eigenvalue weighted by molar-refractivity contribution is 5.38. The number of aliphatic hydroxyl groups excluding tert-OH is 1. The molecule has 2 atom stereocenters. The predicted octanol–water partition coefficient (Wildman–Crippen LogP) is 1.58. The van der Waals surface area contributed by atoms with Gasteiger partial charge in [0.1, 0.15) is 5.75 Å². The molecule has 2 N–H and O–H groups in total. The Labute approximate surface area is 116 Å². The second-order valence-electron chi connectivity index (χ2n) is 5.29. The summed E-state index contributed by atoms with van der Waals surface area (Å²) in [5, 5.41) is 13.2. The maximum atomic E-state index is 9.86. The molecule has 4 heteroatoms. The number of methoxy groups -OCH3 is 1. The molecule has 4 nitrogen and oxygen atoms in total. The minimum absolute atomic E-state index is 0.145. The van der Waals surface area contributed by atoms with Gasteiger partial charge in [0.25, 0.3) is 0 Å². The molecule has 1 rings (SSSR count). The quantitative estimate of drug-likeness (QED) is 0.786. The molecule has 0 saturated heterocycles. The van der Waals surface area contributed by atoms with Crippen LogP contribution in [0.2, 0.25) is 0 Å². The molecule has 0 radical (unpaired) electrons. The SMILES string of the molecule is COc1ccc(C)cc1C(C)NCC(O)CN(C)C. The highest BCUT2D eigenvalue weighted by Gasteiger charge is 2.13. The van der Waals surface area contributed by atoms with Gasteiger partial charge in [-0.1, -0.05) is 17.7 Å². The summed E-state index contributed by atoms with van der Waals surface area (Å²) in [5.74, 6) is 0.882. The second kappa shape index (κ2) is 7.48. The van der Waals surface area contributed by atoms with Crippen molar-refractivity contribution in [2.45, 2.75) is 26.0 Å². The lowest BCUT2D eigenvalue weighted by Gasteiger charge is -2.21. The van der Waals surface area contributed by atoms with Crippen molar-refractivity contribution in [1.29, 1.82) is 0 Å². The lowest BCUT2D eigenvalue weighted by Crippen LogP contribution is -2.36. The predicted molar refractivity (Wildman–Crippen MR) is 78.7 cm³/mol. The molecular weight excluding hydrogens is 240 g/mol. The zero-order valence-corrected chi connectivity index (χ0v) is 12.6. The van der Waals surface area contributed by atoms with E-state index in [9.17, 15) is 5.11 Å². The van der Waals surface area contributed by atoms with Crippen molar-refractivity contribution in [3.63, 3.8) is 0 Å². The maximum absolute atomic E-state index is 9.86. The first-order valence-corrected chi connectivity index (χ1v) is 6.64. The highest BCUT2D eigenvalue weighted by Crippen LogP contribution is 2.25. The van der Waals surface area contributed by atoms with E-state index in [-0.39, 0.29) is 12.1 Å². The van der Waals surface area contributed by atoms with Gasteiger partial charge in [-0.2, -0.15) is 0 Å². The summed E-state index contributed by atoms with van der Waals surface area (Å²) in [6, 6.07) is 6.29. The Kier molecular flexibility index (Phi) is 6.28. The van der Waals surface area contributed by atoms with Gasteiger partial charge >= 0.3 is 0 Å². The summed E-state index contributed by atoms with van der Waals surface area (Å²) in [6.07, 6.45) is -0.367. The van der Waals surface area contributed by atoms with E-state index in [0.29, 0.717) is 13.1 Å². The second-order valence-corrected chi connectivity index (χ2v) is 5.29. The van der Waals surface area contributed by atoms with Crippen LogP contribution in [0.5, 0.6) is 5.75 Å². The standard InChI is InChI=1S/C15H26N2O2/c1-11-6-7-15(19-5)14(8-11)12(2)16-9-13(18)10-17(3)4/h6-8,12-13,16,18H,9-10H2,1-5H3. The van der Waals surface area contributed by atoms with E-state index in [1.807, 2.05) is 31.1 Å². The number of likely N-dealkylation sites (N-methyl/N-ethyl adjacent to an activating group) is 1. The van der Waals surface area contributed by atoms with Gasteiger partial charge in [0, 0.05) is 24.7 Å². The third-order valence-electron chi connectivity index (χ3n) is 3.09. The minimum atomic E-state index is -0.367. The fraction of sp³-hybridized carbons (Fsp3) is 0.600. The zero-order valence-electron chi connectivity index (χ0n) is 12.6. The van der Waals surface area contributed by atoms with Gasteiger partial charge in [-0.25, -0.2) is 0 Å². The van der Waals surface area contributed by atoms with E-state index in [0.717, 1.165) is 11.3 Å². The average molecular weight is 266 g/mol. The smallest absolute Gasteiger partial charge is 0.123 e. The summed E-state index contributed by atoms with van der Waals surface area (Å²) < 4.78 is 5.38. The first-order valence-electron chi connectivity index (χ1n) is 6.64. The molecule has 1 aromatic carbocycles. The van der Waals surface area contributed by atoms with Gasteiger partial charge in [0.2, 0.25) is 0 Å². The Morgan fingerprint density at radius 1 is 1.37 bits per heavy atom. The maximum Gasteiger partial charge on any atom is 0.123 e. The van der Waals surface area contributed by atoms with Crippen molar-refractivity contribution < 1.29 is 9.84 Å². The Hall–Kier alpha value is -1.10. The normalized spacial score (nSPS) is 14.5. The van der Waals surface area contributed by atoms with Crippen molar-refractivity contribution in [2.75, 3.05) is 34.3 Å². The van der Waals surface area contributed by atoms with Gasteiger partial charge in [0.05, 0.1) is 13.2 Å². The van der Waals surface area contributed by atoms with Crippen LogP contribution < -0.4 is 10.1 Å². The Morgan fingerprint density at radius 2 is 2.05 bits per heavy atom. The molecule has 0 aliphatic rings. The van der Waals surface area contributed by atoms with Crippen molar-refractivity contribution in [2.24, 2.45) is 0 Å². The number of rotatable bonds is 7. The van der Waals surface area contributed by atoms with Crippen LogP contribution in [0, 0.1) is 6.92 Å². The molecule has 0 heterocycles. The molecule has 0 fully saturated rings. The third-order valence-corrected chi connectivity index (χ3v) is 3.09. The van der Waals surface area contributed by atoms with Crippen LogP contribution in [-0.4, -0.2) is 50.4 Å². The number of aryl methyl sites for hydroxylation is 1. The Bertz CT molecular complexity index is 394. The number of nitrogens with one attached hydrogen (secondary N) is 1. The van der Waals surface area contributed by atoms with Crippen LogP contribution in [-0.2, 0) is 0 Å². The van der Waals surface area contributed by atoms with Crippen LogP contribution in [0.4, 0.5) is 0 Å². The first-order chi connectivity index (χ1) is 8.93. The van der Waals surface area contributed by atoms with Crippen LogP contribution in [0.25, 0.3) is 0 Å². The van der Waals surface area contributed by atoms with E-state index < -0.39 is 0 Å². The summed E-state index contributed by atoms with van der Waals surface area (Å²) in [5.41, 5.74) is 2.33. The molecule has 0 aliphatic carbocycles. The van der Waals surface area contributed by atoms with Gasteiger partial charge in [-0.3, -0.25) is 0 Å². The van der Waals surface area contributed by atoms with Crippen LogP contribution in [0.3, 0.4) is 0 Å². The molecule has 0 aromatic heterocycles. The van der Waals surface area contributed by atoms with E-state index >= 15 is 0 Å². The molecule has 1 aromatic rings. The largest absolute Gasteiger partial charge is 0.496 e. The lowest BCUT2D eigenvalue weighted by molar-refractivity contribution is 0.132. The zero-order chi connectivity index (χ0) is 14.4. The molecule has 0 bridgehead atoms. The molecular formula is C15H26N2O2. The monoisotopic (exact) mass is 266 g/mol. The Morgan fingerprint density at radius 3 is 2.63 bits per heavy atom. The third kappa shape index (κ3) is 5.19. The Balaban J connectivity index is 2.62. The fourth-order valence-electron chi connectivity index (χ4n) is 2.10. The van der Waals surface area contributed by atoms with Crippen molar-refractivity contribution >= 4 is 0 Å². The number of hydrogen-bond acceptors (Lipinski definition) is 4. The van der Waals surface area contributed by atoms with Gasteiger partial charge in [-0.05, 0) is 34.0 Å². The van der Waals surface area contributed by atoms with Gasteiger partial charge in [-0.15, -0.1) is 0 Å². The molecule has 19 heavy (non-hydrogen) atoms. The van der Waals surface area contributed by atoms with E-state index in [4.69, 9.17) is 4.74 Å².